The zero-order valence-corrected chi connectivity index (χ0v) is 15.2. The fraction of sp³-hybridized carbons (Fsp3) is 0.381. The van der Waals surface area contributed by atoms with Crippen LogP contribution in [-0.4, -0.2) is 29.6 Å². The summed E-state index contributed by atoms with van der Waals surface area (Å²) in [6.07, 6.45) is 0. The number of esters is 1. The van der Waals surface area contributed by atoms with Gasteiger partial charge in [-0.15, -0.1) is 0 Å². The molecule has 1 aliphatic heterocycles. The molecule has 0 bridgehead atoms. The minimum absolute atomic E-state index is 0.0426. The largest absolute Gasteiger partial charge is 0.497 e. The molecule has 4 nitrogen and oxygen atoms in total. The van der Waals surface area contributed by atoms with Gasteiger partial charge in [-0.25, -0.2) is 0 Å². The van der Waals surface area contributed by atoms with Crippen molar-refractivity contribution in [3.05, 3.63) is 65.7 Å². The predicted octanol–water partition coefficient (Wildman–Crippen LogP) is 3.96. The van der Waals surface area contributed by atoms with Gasteiger partial charge in [0.05, 0.1) is 13.2 Å². The average molecular weight is 339 g/mol. The van der Waals surface area contributed by atoms with Gasteiger partial charge in [0.15, 0.2) is 0 Å². The molecule has 2 aromatic carbocycles. The van der Waals surface area contributed by atoms with Crippen LogP contribution < -0.4 is 4.74 Å². The monoisotopic (exact) mass is 339 g/mol. The molecule has 1 heterocycles. The van der Waals surface area contributed by atoms with Crippen molar-refractivity contribution in [2.75, 3.05) is 7.11 Å². The van der Waals surface area contributed by atoms with Gasteiger partial charge in [-0.3, -0.25) is 9.69 Å². The standard InChI is InChI=1S/C21H25NO3/c1-21(2,3)25-20(23)19-18(16-10-12-17(24-4)13-11-16)22(19)14-15-8-6-5-7-9-15/h5-13,18-19H,14H2,1-4H3/t18-,19+,22?/m0/s1. The number of methoxy groups -OCH3 is 1. The molecule has 0 N–H and O–H groups in total. The quantitative estimate of drug-likeness (QED) is 0.610. The first kappa shape index (κ1) is 17.5. The number of nitrogens with zero attached hydrogens (tertiary/aromatic N) is 1. The van der Waals surface area contributed by atoms with E-state index in [4.69, 9.17) is 9.47 Å². The summed E-state index contributed by atoms with van der Waals surface area (Å²) in [5, 5.41) is 0. The first-order valence-corrected chi connectivity index (χ1v) is 8.55. The van der Waals surface area contributed by atoms with Crippen molar-refractivity contribution in [1.29, 1.82) is 0 Å². The number of benzene rings is 2. The summed E-state index contributed by atoms with van der Waals surface area (Å²) in [6, 6.07) is 17.9. The maximum absolute atomic E-state index is 12.6. The SMILES string of the molecule is COc1ccc([C@H]2[C@H](C(=O)OC(C)(C)C)N2Cc2ccccc2)cc1. The lowest BCUT2D eigenvalue weighted by molar-refractivity contribution is -0.155. The van der Waals surface area contributed by atoms with E-state index in [1.165, 1.54) is 5.56 Å². The molecular weight excluding hydrogens is 314 g/mol. The van der Waals surface area contributed by atoms with Crippen molar-refractivity contribution in [1.82, 2.24) is 4.90 Å². The zero-order chi connectivity index (χ0) is 18.0. The van der Waals surface area contributed by atoms with Crippen LogP contribution in [0.4, 0.5) is 0 Å². The van der Waals surface area contributed by atoms with Crippen LogP contribution in [0.15, 0.2) is 54.6 Å². The molecule has 0 radical (unpaired) electrons. The number of ether oxygens (including phenoxy) is 2. The molecule has 1 fully saturated rings. The molecule has 0 aliphatic carbocycles. The summed E-state index contributed by atoms with van der Waals surface area (Å²) < 4.78 is 10.8. The Bertz CT molecular complexity index is 719. The average Bonchev–Trinajstić information content (AvgIpc) is 3.28. The topological polar surface area (TPSA) is 38.5 Å². The number of carbonyl (C=O) groups is 1. The van der Waals surface area contributed by atoms with Crippen LogP contribution in [-0.2, 0) is 16.1 Å². The third kappa shape index (κ3) is 4.20. The highest BCUT2D eigenvalue weighted by Crippen LogP contribution is 2.45. The molecule has 1 saturated heterocycles. The van der Waals surface area contributed by atoms with Gasteiger partial charge in [0.2, 0.25) is 0 Å². The molecule has 25 heavy (non-hydrogen) atoms. The number of hydrogen-bond donors (Lipinski definition) is 0. The van der Waals surface area contributed by atoms with E-state index in [1.807, 2.05) is 63.2 Å². The first-order chi connectivity index (χ1) is 11.9. The highest BCUT2D eigenvalue weighted by Gasteiger charge is 2.54. The minimum Gasteiger partial charge on any atom is -0.497 e. The van der Waals surface area contributed by atoms with Gasteiger partial charge >= 0.3 is 5.97 Å². The summed E-state index contributed by atoms with van der Waals surface area (Å²) in [5.74, 6) is 0.650. The third-order valence-corrected chi connectivity index (χ3v) is 4.24. The molecule has 1 unspecified atom stereocenters. The Labute approximate surface area is 149 Å². The van der Waals surface area contributed by atoms with Gasteiger partial charge in [-0.05, 0) is 44.0 Å². The van der Waals surface area contributed by atoms with E-state index >= 15 is 0 Å². The Morgan fingerprint density at radius 1 is 1.04 bits per heavy atom. The van der Waals surface area contributed by atoms with Crippen molar-refractivity contribution in [3.63, 3.8) is 0 Å². The molecule has 0 spiro atoms. The van der Waals surface area contributed by atoms with Crippen LogP contribution >= 0.6 is 0 Å². The lowest BCUT2D eigenvalue weighted by atomic mass is 10.1. The highest BCUT2D eigenvalue weighted by molar-refractivity contribution is 5.81. The van der Waals surface area contributed by atoms with Gasteiger partial charge < -0.3 is 9.47 Å². The summed E-state index contributed by atoms with van der Waals surface area (Å²) in [5.41, 5.74) is 1.81. The smallest absolute Gasteiger partial charge is 0.325 e. The van der Waals surface area contributed by atoms with Crippen molar-refractivity contribution in [2.24, 2.45) is 0 Å². The van der Waals surface area contributed by atoms with Crippen molar-refractivity contribution in [3.8, 4) is 5.75 Å². The van der Waals surface area contributed by atoms with Gasteiger partial charge in [0.25, 0.3) is 0 Å². The number of rotatable bonds is 5. The van der Waals surface area contributed by atoms with E-state index in [0.717, 1.165) is 17.9 Å². The van der Waals surface area contributed by atoms with Crippen LogP contribution in [0.2, 0.25) is 0 Å². The summed E-state index contributed by atoms with van der Waals surface area (Å²) in [7, 11) is 1.65. The van der Waals surface area contributed by atoms with E-state index < -0.39 is 5.60 Å². The van der Waals surface area contributed by atoms with E-state index in [1.54, 1.807) is 7.11 Å². The third-order valence-electron chi connectivity index (χ3n) is 4.24. The lowest BCUT2D eigenvalue weighted by Crippen LogP contribution is -2.28. The number of hydrogen-bond acceptors (Lipinski definition) is 4. The molecule has 0 amide bonds. The Hall–Kier alpha value is -2.33. The summed E-state index contributed by atoms with van der Waals surface area (Å²) >= 11 is 0. The molecule has 4 heteroatoms. The van der Waals surface area contributed by atoms with E-state index in [0.29, 0.717) is 0 Å². The van der Waals surface area contributed by atoms with Gasteiger partial charge in [0, 0.05) is 6.54 Å². The maximum Gasteiger partial charge on any atom is 0.325 e. The Morgan fingerprint density at radius 3 is 2.24 bits per heavy atom. The highest BCUT2D eigenvalue weighted by atomic mass is 16.6. The molecule has 0 aromatic heterocycles. The minimum atomic E-state index is -0.484. The van der Waals surface area contributed by atoms with Gasteiger partial charge in [-0.1, -0.05) is 42.5 Å². The van der Waals surface area contributed by atoms with Crippen LogP contribution in [0.25, 0.3) is 0 Å². The van der Waals surface area contributed by atoms with E-state index in [9.17, 15) is 4.79 Å². The fourth-order valence-electron chi connectivity index (χ4n) is 3.07. The molecule has 1 aliphatic rings. The Morgan fingerprint density at radius 2 is 1.68 bits per heavy atom. The number of carbonyl (C=O) groups excluding carboxylic acids is 1. The Kier molecular flexibility index (Phi) is 4.82. The zero-order valence-electron chi connectivity index (χ0n) is 15.2. The van der Waals surface area contributed by atoms with Crippen molar-refractivity contribution < 1.29 is 14.3 Å². The van der Waals surface area contributed by atoms with Gasteiger partial charge in [0.1, 0.15) is 17.4 Å². The summed E-state index contributed by atoms with van der Waals surface area (Å²) in [6.45, 7) is 6.42. The van der Waals surface area contributed by atoms with Crippen LogP contribution in [0.1, 0.15) is 37.9 Å². The van der Waals surface area contributed by atoms with Crippen molar-refractivity contribution >= 4 is 5.97 Å². The van der Waals surface area contributed by atoms with E-state index in [-0.39, 0.29) is 18.1 Å². The first-order valence-electron chi connectivity index (χ1n) is 8.55. The van der Waals surface area contributed by atoms with Crippen molar-refractivity contribution in [2.45, 2.75) is 45.0 Å². The molecule has 3 atom stereocenters. The molecule has 2 aromatic rings. The van der Waals surface area contributed by atoms with E-state index in [2.05, 4.69) is 17.0 Å². The maximum atomic E-state index is 12.6. The Balaban J connectivity index is 1.80. The normalized spacial score (nSPS) is 22.3. The van der Waals surface area contributed by atoms with Crippen LogP contribution in [0, 0.1) is 0 Å². The second-order valence-corrected chi connectivity index (χ2v) is 7.35. The summed E-state index contributed by atoms with van der Waals surface area (Å²) in [4.78, 5) is 14.8. The molecule has 0 saturated carbocycles. The molecule has 3 rings (SSSR count). The lowest BCUT2D eigenvalue weighted by Gasteiger charge is -2.19. The molecular formula is C21H25NO3. The molecule has 132 valence electrons. The second kappa shape index (κ2) is 6.89. The fourth-order valence-corrected chi connectivity index (χ4v) is 3.07. The van der Waals surface area contributed by atoms with Crippen LogP contribution in [0.3, 0.4) is 0 Å². The predicted molar refractivity (Wildman–Crippen MR) is 97.4 cm³/mol. The van der Waals surface area contributed by atoms with Gasteiger partial charge in [-0.2, -0.15) is 0 Å². The van der Waals surface area contributed by atoms with Crippen LogP contribution in [0.5, 0.6) is 5.75 Å². The second-order valence-electron chi connectivity index (χ2n) is 7.35.